The monoisotopic (exact) mass is 404 g/mol. The minimum atomic E-state index is -0.474. The Hall–Kier alpha value is -4.08. The fourth-order valence-electron chi connectivity index (χ4n) is 2.86. The van der Waals surface area contributed by atoms with E-state index >= 15 is 0 Å². The van der Waals surface area contributed by atoms with E-state index in [4.69, 9.17) is 4.52 Å². The second-order valence-electron chi connectivity index (χ2n) is 6.84. The number of nitrogens with zero attached hydrogens (tertiary/aromatic N) is 6. The first-order valence-electron chi connectivity index (χ1n) is 9.38. The molecule has 0 aliphatic rings. The van der Waals surface area contributed by atoms with Gasteiger partial charge in [-0.05, 0) is 36.2 Å². The van der Waals surface area contributed by atoms with E-state index in [1.54, 1.807) is 66.0 Å². The molecule has 10 nitrogen and oxygen atoms in total. The Labute approximate surface area is 172 Å². The van der Waals surface area contributed by atoms with E-state index in [1.807, 2.05) is 13.8 Å². The summed E-state index contributed by atoms with van der Waals surface area (Å²) in [4.78, 5) is 25.4. The molecule has 0 fully saturated rings. The average Bonchev–Trinajstić information content (AvgIpc) is 3.45. The fraction of sp³-hybridized carbons (Fsp3) is 0.200. The van der Waals surface area contributed by atoms with Crippen molar-refractivity contribution in [3.05, 3.63) is 67.2 Å². The number of anilines is 1. The smallest absolute Gasteiger partial charge is 0.320 e. The van der Waals surface area contributed by atoms with Crippen LogP contribution < -0.4 is 10.6 Å². The summed E-state index contributed by atoms with van der Waals surface area (Å²) in [5.41, 5.74) is 1.30. The topological polar surface area (TPSA) is 124 Å². The summed E-state index contributed by atoms with van der Waals surface area (Å²) in [5, 5.41) is 13.9. The highest BCUT2D eigenvalue weighted by atomic mass is 16.5. The molecule has 152 valence electrons. The Morgan fingerprint density at radius 2 is 1.93 bits per heavy atom. The third-order valence-electron chi connectivity index (χ3n) is 4.36. The van der Waals surface area contributed by atoms with E-state index < -0.39 is 12.1 Å². The number of urea groups is 1. The van der Waals surface area contributed by atoms with Gasteiger partial charge in [-0.25, -0.2) is 14.5 Å². The van der Waals surface area contributed by atoms with Crippen LogP contribution in [0, 0.1) is 5.92 Å². The zero-order valence-corrected chi connectivity index (χ0v) is 16.4. The Morgan fingerprint density at radius 3 is 2.67 bits per heavy atom. The maximum absolute atomic E-state index is 12.7. The van der Waals surface area contributed by atoms with Crippen LogP contribution >= 0.6 is 0 Å². The molecule has 1 atom stereocenters. The van der Waals surface area contributed by atoms with Crippen LogP contribution in [0.25, 0.3) is 17.2 Å². The lowest BCUT2D eigenvalue weighted by molar-refractivity contribution is 0.236. The highest BCUT2D eigenvalue weighted by Gasteiger charge is 2.25. The summed E-state index contributed by atoms with van der Waals surface area (Å²) in [6, 6.07) is 7.96. The van der Waals surface area contributed by atoms with E-state index in [2.05, 4.69) is 35.8 Å². The number of nitrogens with one attached hydrogen (secondary N) is 2. The van der Waals surface area contributed by atoms with Gasteiger partial charge in [0.05, 0.1) is 5.69 Å². The molecule has 2 amide bonds. The molecule has 0 radical (unpaired) electrons. The third-order valence-corrected chi connectivity index (χ3v) is 4.36. The lowest BCUT2D eigenvalue weighted by atomic mass is 10.0. The molecule has 0 saturated carbocycles. The second kappa shape index (κ2) is 8.52. The summed E-state index contributed by atoms with van der Waals surface area (Å²) in [5.74, 6) is 1.29. The van der Waals surface area contributed by atoms with Crippen molar-refractivity contribution in [2.45, 2.75) is 19.9 Å². The van der Waals surface area contributed by atoms with Crippen molar-refractivity contribution in [3.8, 4) is 17.2 Å². The number of rotatable bonds is 6. The molecule has 0 bridgehead atoms. The number of pyridine rings is 2. The molecule has 0 aliphatic heterocycles. The number of amides is 2. The molecule has 0 spiro atoms. The van der Waals surface area contributed by atoms with Crippen molar-refractivity contribution in [1.29, 1.82) is 0 Å². The molecule has 0 aliphatic carbocycles. The highest BCUT2D eigenvalue weighted by molar-refractivity contribution is 5.91. The molecule has 4 rings (SSSR count). The number of hydrogen-bond donors (Lipinski definition) is 2. The molecule has 1 unspecified atom stereocenters. The van der Waals surface area contributed by atoms with E-state index in [9.17, 15) is 4.79 Å². The maximum Gasteiger partial charge on any atom is 0.320 e. The van der Waals surface area contributed by atoms with Crippen LogP contribution in [-0.2, 0) is 0 Å². The van der Waals surface area contributed by atoms with Crippen molar-refractivity contribution in [2.75, 3.05) is 5.32 Å². The van der Waals surface area contributed by atoms with Crippen LogP contribution in [0.4, 0.5) is 10.5 Å². The SMILES string of the molecule is CC(C)C(NC(=O)Nc1cccnc1-n1cccn1)c1nc(-c2ccncc2)no1. The van der Waals surface area contributed by atoms with Crippen LogP contribution in [0.1, 0.15) is 25.8 Å². The number of carbonyl (C=O) groups excluding carboxylic acids is 1. The van der Waals surface area contributed by atoms with Gasteiger partial charge in [0.15, 0.2) is 5.82 Å². The van der Waals surface area contributed by atoms with Gasteiger partial charge in [-0.1, -0.05) is 19.0 Å². The van der Waals surface area contributed by atoms with Crippen molar-refractivity contribution < 1.29 is 9.32 Å². The predicted molar refractivity (Wildman–Crippen MR) is 109 cm³/mol. The van der Waals surface area contributed by atoms with Gasteiger partial charge in [0, 0.05) is 36.5 Å². The summed E-state index contributed by atoms with van der Waals surface area (Å²) < 4.78 is 7.00. The zero-order valence-electron chi connectivity index (χ0n) is 16.4. The van der Waals surface area contributed by atoms with Gasteiger partial charge in [-0.15, -0.1) is 0 Å². The molecule has 4 heterocycles. The van der Waals surface area contributed by atoms with Gasteiger partial charge < -0.3 is 15.2 Å². The molecule has 4 aromatic rings. The van der Waals surface area contributed by atoms with Gasteiger partial charge in [-0.3, -0.25) is 4.98 Å². The molecule has 30 heavy (non-hydrogen) atoms. The second-order valence-corrected chi connectivity index (χ2v) is 6.84. The van der Waals surface area contributed by atoms with Crippen LogP contribution in [0.5, 0.6) is 0 Å². The normalized spacial score (nSPS) is 12.0. The molecule has 2 N–H and O–H groups in total. The standard InChI is InChI=1S/C20H20N8O2/c1-13(2)16(19-26-17(27-30-19)14-6-10-21-11-7-14)25-20(29)24-15-5-3-8-22-18(15)28-12-4-9-23-28/h3-13,16H,1-2H3,(H2,24,25,29). The van der Waals surface area contributed by atoms with Crippen LogP contribution in [0.15, 0.2) is 65.8 Å². The first kappa shape index (κ1) is 19.2. The zero-order chi connectivity index (χ0) is 20.9. The molecule has 0 aromatic carbocycles. The molecular formula is C20H20N8O2. The van der Waals surface area contributed by atoms with E-state index in [-0.39, 0.29) is 5.92 Å². The number of hydrogen-bond acceptors (Lipinski definition) is 7. The lowest BCUT2D eigenvalue weighted by Crippen LogP contribution is -2.35. The van der Waals surface area contributed by atoms with E-state index in [0.29, 0.717) is 23.2 Å². The van der Waals surface area contributed by atoms with Crippen molar-refractivity contribution in [3.63, 3.8) is 0 Å². The largest absolute Gasteiger partial charge is 0.337 e. The van der Waals surface area contributed by atoms with Gasteiger partial charge in [0.25, 0.3) is 0 Å². The minimum Gasteiger partial charge on any atom is -0.337 e. The van der Waals surface area contributed by atoms with Gasteiger partial charge in [0.1, 0.15) is 6.04 Å². The van der Waals surface area contributed by atoms with Crippen molar-refractivity contribution in [2.24, 2.45) is 5.92 Å². The summed E-state index contributed by atoms with van der Waals surface area (Å²) in [7, 11) is 0. The lowest BCUT2D eigenvalue weighted by Gasteiger charge is -2.19. The summed E-state index contributed by atoms with van der Waals surface area (Å²) >= 11 is 0. The van der Waals surface area contributed by atoms with E-state index in [0.717, 1.165) is 5.56 Å². The fourth-order valence-corrected chi connectivity index (χ4v) is 2.86. The van der Waals surface area contributed by atoms with Crippen LogP contribution in [0.3, 0.4) is 0 Å². The summed E-state index contributed by atoms with van der Waals surface area (Å²) in [6.45, 7) is 3.92. The molecule has 4 aromatic heterocycles. The summed E-state index contributed by atoms with van der Waals surface area (Å²) in [6.07, 6.45) is 8.34. The van der Waals surface area contributed by atoms with Crippen LogP contribution in [-0.4, -0.2) is 35.9 Å². The number of aromatic nitrogens is 6. The van der Waals surface area contributed by atoms with Crippen molar-refractivity contribution in [1.82, 2.24) is 35.2 Å². The molecule has 10 heteroatoms. The third kappa shape index (κ3) is 4.17. The maximum atomic E-state index is 12.7. The Balaban J connectivity index is 1.51. The predicted octanol–water partition coefficient (Wildman–Crippen LogP) is 3.23. The Morgan fingerprint density at radius 1 is 1.10 bits per heavy atom. The number of carbonyl (C=O) groups is 1. The first-order valence-corrected chi connectivity index (χ1v) is 9.38. The van der Waals surface area contributed by atoms with Gasteiger partial charge in [0.2, 0.25) is 11.7 Å². The van der Waals surface area contributed by atoms with Gasteiger partial charge >= 0.3 is 6.03 Å². The average molecular weight is 404 g/mol. The van der Waals surface area contributed by atoms with Crippen molar-refractivity contribution >= 4 is 11.7 Å². The Bertz CT molecular complexity index is 1110. The molecule has 0 saturated heterocycles. The first-order chi connectivity index (χ1) is 14.6. The van der Waals surface area contributed by atoms with Crippen LogP contribution in [0.2, 0.25) is 0 Å². The molecular weight excluding hydrogens is 384 g/mol. The quantitative estimate of drug-likeness (QED) is 0.505. The highest BCUT2D eigenvalue weighted by Crippen LogP contribution is 2.24. The minimum absolute atomic E-state index is 0.0148. The van der Waals surface area contributed by atoms with Gasteiger partial charge in [-0.2, -0.15) is 10.1 Å². The van der Waals surface area contributed by atoms with E-state index in [1.165, 1.54) is 0 Å². The Kier molecular flexibility index (Phi) is 5.46.